The highest BCUT2D eigenvalue weighted by molar-refractivity contribution is 5.85. The van der Waals surface area contributed by atoms with E-state index in [0.717, 1.165) is 26.2 Å². The molecule has 0 bridgehead atoms. The fourth-order valence-electron chi connectivity index (χ4n) is 2.39. The number of nitrogens with zero attached hydrogens (tertiary/aromatic N) is 1. The van der Waals surface area contributed by atoms with Crippen molar-refractivity contribution in [2.45, 2.75) is 26.5 Å². The Morgan fingerprint density at radius 3 is 2.61 bits per heavy atom. The highest BCUT2D eigenvalue weighted by atomic mass is 35.5. The van der Waals surface area contributed by atoms with Crippen molar-refractivity contribution in [2.75, 3.05) is 26.2 Å². The number of hydrogen-bond acceptors (Lipinski definition) is 3. The minimum Gasteiger partial charge on any atom is -0.374 e. The third kappa shape index (κ3) is 3.69. The molecule has 0 aliphatic carbocycles. The molecule has 1 heterocycles. The first-order valence-electron chi connectivity index (χ1n) is 6.30. The second-order valence-electron chi connectivity index (χ2n) is 4.83. The van der Waals surface area contributed by atoms with Crippen molar-refractivity contribution in [3.63, 3.8) is 0 Å². The van der Waals surface area contributed by atoms with Gasteiger partial charge in [-0.3, -0.25) is 4.90 Å². The predicted octanol–water partition coefficient (Wildman–Crippen LogP) is 1.88. The van der Waals surface area contributed by atoms with E-state index in [2.05, 4.69) is 36.9 Å². The van der Waals surface area contributed by atoms with Gasteiger partial charge in [0.15, 0.2) is 0 Å². The molecule has 1 atom stereocenters. The monoisotopic (exact) mass is 270 g/mol. The van der Waals surface area contributed by atoms with Gasteiger partial charge in [0.2, 0.25) is 0 Å². The molecular weight excluding hydrogens is 248 g/mol. The Labute approximate surface area is 116 Å². The van der Waals surface area contributed by atoms with Crippen LogP contribution in [0.5, 0.6) is 0 Å². The SMILES string of the molecule is Cc1cccc(C)c1CN1CCOC(CN)C1.Cl. The lowest BCUT2D eigenvalue weighted by molar-refractivity contribution is -0.0261. The summed E-state index contributed by atoms with van der Waals surface area (Å²) in [6.45, 7) is 8.75. The van der Waals surface area contributed by atoms with Crippen molar-refractivity contribution in [3.05, 3.63) is 34.9 Å². The van der Waals surface area contributed by atoms with E-state index >= 15 is 0 Å². The maximum atomic E-state index is 5.67. The molecule has 0 aromatic heterocycles. The van der Waals surface area contributed by atoms with Gasteiger partial charge in [0, 0.05) is 26.2 Å². The summed E-state index contributed by atoms with van der Waals surface area (Å²) < 4.78 is 5.59. The molecular formula is C14H23ClN2O. The van der Waals surface area contributed by atoms with Crippen LogP contribution in [-0.2, 0) is 11.3 Å². The van der Waals surface area contributed by atoms with Gasteiger partial charge >= 0.3 is 0 Å². The lowest BCUT2D eigenvalue weighted by Gasteiger charge is -2.33. The van der Waals surface area contributed by atoms with Gasteiger partial charge in [-0.1, -0.05) is 18.2 Å². The molecule has 0 spiro atoms. The smallest absolute Gasteiger partial charge is 0.0824 e. The molecule has 1 fully saturated rings. The number of aryl methyl sites for hydroxylation is 2. The first-order chi connectivity index (χ1) is 8.20. The van der Waals surface area contributed by atoms with E-state index in [-0.39, 0.29) is 18.5 Å². The van der Waals surface area contributed by atoms with E-state index in [0.29, 0.717) is 6.54 Å². The summed E-state index contributed by atoms with van der Waals surface area (Å²) in [5, 5.41) is 0. The molecule has 1 unspecified atom stereocenters. The largest absolute Gasteiger partial charge is 0.374 e. The van der Waals surface area contributed by atoms with Gasteiger partial charge < -0.3 is 10.5 Å². The molecule has 1 aromatic rings. The zero-order valence-corrected chi connectivity index (χ0v) is 12.0. The molecule has 4 heteroatoms. The van der Waals surface area contributed by atoms with Gasteiger partial charge in [0.1, 0.15) is 0 Å². The maximum Gasteiger partial charge on any atom is 0.0824 e. The van der Waals surface area contributed by atoms with Gasteiger partial charge in [0.05, 0.1) is 12.7 Å². The lowest BCUT2D eigenvalue weighted by Crippen LogP contribution is -2.45. The molecule has 1 aliphatic rings. The summed E-state index contributed by atoms with van der Waals surface area (Å²) in [7, 11) is 0. The fourth-order valence-corrected chi connectivity index (χ4v) is 2.39. The summed E-state index contributed by atoms with van der Waals surface area (Å²) in [4.78, 5) is 2.44. The molecule has 1 aromatic carbocycles. The van der Waals surface area contributed by atoms with E-state index in [4.69, 9.17) is 10.5 Å². The van der Waals surface area contributed by atoms with Gasteiger partial charge in [0.25, 0.3) is 0 Å². The molecule has 0 saturated carbocycles. The van der Waals surface area contributed by atoms with Gasteiger partial charge in [-0.25, -0.2) is 0 Å². The Bertz CT molecular complexity index is 364. The predicted molar refractivity (Wildman–Crippen MR) is 77.2 cm³/mol. The minimum absolute atomic E-state index is 0. The summed E-state index contributed by atoms with van der Waals surface area (Å²) in [6, 6.07) is 6.49. The van der Waals surface area contributed by atoms with E-state index in [9.17, 15) is 0 Å². The summed E-state index contributed by atoms with van der Waals surface area (Å²) in [5.74, 6) is 0. The van der Waals surface area contributed by atoms with E-state index in [1.165, 1.54) is 16.7 Å². The van der Waals surface area contributed by atoms with Crippen LogP contribution in [0.15, 0.2) is 18.2 Å². The zero-order valence-electron chi connectivity index (χ0n) is 11.2. The topological polar surface area (TPSA) is 38.5 Å². The van der Waals surface area contributed by atoms with Crippen LogP contribution in [0.4, 0.5) is 0 Å². The van der Waals surface area contributed by atoms with Gasteiger partial charge in [-0.05, 0) is 30.5 Å². The first kappa shape index (κ1) is 15.4. The minimum atomic E-state index is 0. The number of hydrogen-bond donors (Lipinski definition) is 1. The highest BCUT2D eigenvalue weighted by Gasteiger charge is 2.19. The molecule has 102 valence electrons. The Morgan fingerprint density at radius 1 is 1.33 bits per heavy atom. The van der Waals surface area contributed by atoms with Crippen LogP contribution in [-0.4, -0.2) is 37.2 Å². The Hall–Kier alpha value is -0.610. The summed E-state index contributed by atoms with van der Waals surface area (Å²) >= 11 is 0. The molecule has 1 saturated heterocycles. The van der Waals surface area contributed by atoms with Crippen LogP contribution in [0, 0.1) is 13.8 Å². The molecule has 0 radical (unpaired) electrons. The van der Waals surface area contributed by atoms with Crippen LogP contribution in [0.1, 0.15) is 16.7 Å². The van der Waals surface area contributed by atoms with Gasteiger partial charge in [-0.15, -0.1) is 12.4 Å². The molecule has 1 aliphatic heterocycles. The Kier molecular flexibility index (Phi) is 6.09. The number of nitrogens with two attached hydrogens (primary N) is 1. The quantitative estimate of drug-likeness (QED) is 0.912. The zero-order chi connectivity index (χ0) is 12.3. The summed E-state index contributed by atoms with van der Waals surface area (Å²) in [6.07, 6.45) is 0.202. The third-order valence-corrected chi connectivity index (χ3v) is 3.51. The lowest BCUT2D eigenvalue weighted by atomic mass is 10.0. The standard InChI is InChI=1S/C14H22N2O.ClH/c1-11-4-3-5-12(2)14(11)10-16-6-7-17-13(8-15)9-16;/h3-5,13H,6-10,15H2,1-2H3;1H. The fraction of sp³-hybridized carbons (Fsp3) is 0.571. The normalized spacial score (nSPS) is 20.5. The average molecular weight is 271 g/mol. The van der Waals surface area contributed by atoms with Crippen molar-refractivity contribution < 1.29 is 4.74 Å². The summed E-state index contributed by atoms with van der Waals surface area (Å²) in [5.41, 5.74) is 9.87. The van der Waals surface area contributed by atoms with Crippen LogP contribution in [0.3, 0.4) is 0 Å². The van der Waals surface area contributed by atoms with E-state index < -0.39 is 0 Å². The molecule has 18 heavy (non-hydrogen) atoms. The van der Waals surface area contributed by atoms with E-state index in [1.807, 2.05) is 0 Å². The second kappa shape index (κ2) is 7.10. The second-order valence-corrected chi connectivity index (χ2v) is 4.83. The average Bonchev–Trinajstić information content (AvgIpc) is 2.34. The van der Waals surface area contributed by atoms with E-state index in [1.54, 1.807) is 0 Å². The molecule has 3 nitrogen and oxygen atoms in total. The third-order valence-electron chi connectivity index (χ3n) is 3.51. The first-order valence-corrected chi connectivity index (χ1v) is 6.30. The molecule has 2 rings (SSSR count). The highest BCUT2D eigenvalue weighted by Crippen LogP contribution is 2.17. The van der Waals surface area contributed by atoms with Crippen molar-refractivity contribution in [2.24, 2.45) is 5.73 Å². The maximum absolute atomic E-state index is 5.67. The van der Waals surface area contributed by atoms with Crippen LogP contribution < -0.4 is 5.73 Å². The van der Waals surface area contributed by atoms with Crippen molar-refractivity contribution in [1.29, 1.82) is 0 Å². The number of morpholine rings is 1. The number of benzene rings is 1. The van der Waals surface area contributed by atoms with Crippen molar-refractivity contribution in [1.82, 2.24) is 4.90 Å². The van der Waals surface area contributed by atoms with Crippen molar-refractivity contribution >= 4 is 12.4 Å². The molecule has 2 N–H and O–H groups in total. The number of rotatable bonds is 3. The number of ether oxygens (including phenoxy) is 1. The van der Waals surface area contributed by atoms with Crippen molar-refractivity contribution in [3.8, 4) is 0 Å². The van der Waals surface area contributed by atoms with Crippen LogP contribution in [0.2, 0.25) is 0 Å². The number of halogens is 1. The Balaban J connectivity index is 0.00000162. The molecule has 0 amide bonds. The van der Waals surface area contributed by atoms with Crippen LogP contribution in [0.25, 0.3) is 0 Å². The van der Waals surface area contributed by atoms with Gasteiger partial charge in [-0.2, -0.15) is 0 Å². The van der Waals surface area contributed by atoms with Crippen LogP contribution >= 0.6 is 12.4 Å². The Morgan fingerprint density at radius 2 is 2.00 bits per heavy atom.